The lowest BCUT2D eigenvalue weighted by Crippen LogP contribution is -2.39. The highest BCUT2D eigenvalue weighted by Gasteiger charge is 2.19. The van der Waals surface area contributed by atoms with Crippen molar-refractivity contribution in [3.05, 3.63) is 29.8 Å². The molecule has 1 atom stereocenters. The van der Waals surface area contributed by atoms with Gasteiger partial charge >= 0.3 is 0 Å². The van der Waals surface area contributed by atoms with Crippen LogP contribution in [0, 0.1) is 6.92 Å². The largest absolute Gasteiger partial charge is 0.315 e. The molecule has 1 heterocycles. The van der Waals surface area contributed by atoms with Gasteiger partial charge in [-0.1, -0.05) is 18.6 Å². The van der Waals surface area contributed by atoms with Crippen molar-refractivity contribution < 1.29 is 4.79 Å². The quantitative estimate of drug-likeness (QED) is 0.888. The summed E-state index contributed by atoms with van der Waals surface area (Å²) in [7, 11) is 1.86. The Morgan fingerprint density at radius 2 is 2.28 bits per heavy atom. The summed E-state index contributed by atoms with van der Waals surface area (Å²) in [4.78, 5) is 14.0. The highest BCUT2D eigenvalue weighted by atomic mass is 16.2. The first-order chi connectivity index (χ1) is 8.66. The minimum absolute atomic E-state index is 0.194. The van der Waals surface area contributed by atoms with Crippen molar-refractivity contribution in [1.29, 1.82) is 0 Å². The van der Waals surface area contributed by atoms with E-state index in [9.17, 15) is 4.79 Å². The number of carbonyl (C=O) groups is 1. The van der Waals surface area contributed by atoms with Gasteiger partial charge in [0.15, 0.2) is 0 Å². The van der Waals surface area contributed by atoms with Crippen molar-refractivity contribution in [2.24, 2.45) is 0 Å². The minimum Gasteiger partial charge on any atom is -0.315 e. The fourth-order valence-corrected chi connectivity index (χ4v) is 2.43. The van der Waals surface area contributed by atoms with E-state index in [1.807, 2.05) is 38.2 Å². The number of benzene rings is 1. The normalized spacial score (nSPS) is 19.6. The van der Waals surface area contributed by atoms with Crippen LogP contribution in [0.1, 0.15) is 31.2 Å². The van der Waals surface area contributed by atoms with Gasteiger partial charge in [-0.25, -0.2) is 0 Å². The van der Waals surface area contributed by atoms with Crippen molar-refractivity contribution in [2.45, 2.75) is 38.6 Å². The van der Waals surface area contributed by atoms with Gasteiger partial charge in [0.05, 0.1) is 0 Å². The zero-order chi connectivity index (χ0) is 13.0. The molecule has 0 saturated carbocycles. The summed E-state index contributed by atoms with van der Waals surface area (Å²) in [5.74, 6) is 0.194. The van der Waals surface area contributed by atoms with Crippen LogP contribution in [0.5, 0.6) is 0 Å². The number of anilines is 1. The Balaban J connectivity index is 1.95. The third-order valence-electron chi connectivity index (χ3n) is 3.60. The van der Waals surface area contributed by atoms with Crippen LogP contribution in [-0.2, 0) is 4.79 Å². The number of piperidine rings is 1. The van der Waals surface area contributed by atoms with E-state index in [2.05, 4.69) is 5.32 Å². The van der Waals surface area contributed by atoms with Crippen molar-refractivity contribution in [2.75, 3.05) is 18.5 Å². The lowest BCUT2D eigenvalue weighted by atomic mass is 10.0. The van der Waals surface area contributed by atoms with E-state index in [1.165, 1.54) is 18.4 Å². The van der Waals surface area contributed by atoms with Gasteiger partial charge < -0.3 is 10.2 Å². The van der Waals surface area contributed by atoms with Crippen LogP contribution in [0.4, 0.5) is 5.69 Å². The number of hydrogen-bond acceptors (Lipinski definition) is 2. The molecule has 1 unspecified atom stereocenters. The molecule has 1 aromatic carbocycles. The minimum atomic E-state index is 0.194. The van der Waals surface area contributed by atoms with E-state index >= 15 is 0 Å². The molecule has 1 aromatic rings. The maximum absolute atomic E-state index is 12.2. The fraction of sp³-hybridized carbons (Fsp3) is 0.533. The molecule has 0 aromatic heterocycles. The van der Waals surface area contributed by atoms with Crippen LogP contribution >= 0.6 is 0 Å². The van der Waals surface area contributed by atoms with Crippen LogP contribution in [-0.4, -0.2) is 25.5 Å². The number of nitrogens with one attached hydrogen (secondary N) is 1. The third kappa shape index (κ3) is 3.33. The molecule has 2 rings (SSSR count). The average molecular weight is 246 g/mol. The Morgan fingerprint density at radius 1 is 1.44 bits per heavy atom. The summed E-state index contributed by atoms with van der Waals surface area (Å²) in [6, 6.07) is 8.43. The Bertz CT molecular complexity index is 411. The Hall–Kier alpha value is -1.35. The predicted octanol–water partition coefficient (Wildman–Crippen LogP) is 2.49. The Morgan fingerprint density at radius 3 is 2.94 bits per heavy atom. The van der Waals surface area contributed by atoms with E-state index in [4.69, 9.17) is 0 Å². The summed E-state index contributed by atoms with van der Waals surface area (Å²) in [6.45, 7) is 3.09. The average Bonchev–Trinajstić information content (AvgIpc) is 2.39. The molecule has 98 valence electrons. The number of hydrogen-bond donors (Lipinski definition) is 1. The van der Waals surface area contributed by atoms with Gasteiger partial charge in [0.25, 0.3) is 0 Å². The van der Waals surface area contributed by atoms with Crippen molar-refractivity contribution in [1.82, 2.24) is 5.32 Å². The van der Waals surface area contributed by atoms with Crippen molar-refractivity contribution in [3.8, 4) is 0 Å². The summed E-state index contributed by atoms with van der Waals surface area (Å²) in [6.07, 6.45) is 4.19. The summed E-state index contributed by atoms with van der Waals surface area (Å²) in [5, 5.41) is 3.42. The maximum atomic E-state index is 12.2. The predicted molar refractivity (Wildman–Crippen MR) is 74.8 cm³/mol. The molecule has 1 N–H and O–H groups in total. The molecular formula is C15H22N2O. The van der Waals surface area contributed by atoms with Gasteiger partial charge in [0, 0.05) is 25.2 Å². The molecule has 0 spiro atoms. The van der Waals surface area contributed by atoms with Crippen molar-refractivity contribution in [3.63, 3.8) is 0 Å². The molecule has 0 aliphatic carbocycles. The Kier molecular flexibility index (Phi) is 4.37. The smallest absolute Gasteiger partial charge is 0.228 e. The maximum Gasteiger partial charge on any atom is 0.228 e. The van der Waals surface area contributed by atoms with Crippen LogP contribution in [0.25, 0.3) is 0 Å². The number of carbonyl (C=O) groups excluding carboxylic acids is 1. The summed E-state index contributed by atoms with van der Waals surface area (Å²) in [5.41, 5.74) is 2.17. The second kappa shape index (κ2) is 6.01. The first kappa shape index (κ1) is 13.1. The third-order valence-corrected chi connectivity index (χ3v) is 3.60. The lowest BCUT2D eigenvalue weighted by molar-refractivity contribution is -0.118. The van der Waals surface area contributed by atoms with E-state index in [0.717, 1.165) is 18.7 Å². The molecule has 18 heavy (non-hydrogen) atoms. The fourth-order valence-electron chi connectivity index (χ4n) is 2.43. The molecular weight excluding hydrogens is 224 g/mol. The molecule has 1 aliphatic rings. The molecule has 1 amide bonds. The molecule has 0 radical (unpaired) electrons. The van der Waals surface area contributed by atoms with E-state index in [-0.39, 0.29) is 5.91 Å². The summed E-state index contributed by atoms with van der Waals surface area (Å²) < 4.78 is 0. The van der Waals surface area contributed by atoms with Gasteiger partial charge in [-0.15, -0.1) is 0 Å². The molecule has 3 nitrogen and oxygen atoms in total. The Labute approximate surface area is 109 Å². The lowest BCUT2D eigenvalue weighted by Gasteiger charge is -2.25. The number of amides is 1. The first-order valence-electron chi connectivity index (χ1n) is 6.73. The van der Waals surface area contributed by atoms with E-state index < -0.39 is 0 Å². The van der Waals surface area contributed by atoms with Gasteiger partial charge in [-0.2, -0.15) is 0 Å². The summed E-state index contributed by atoms with van der Waals surface area (Å²) >= 11 is 0. The SMILES string of the molecule is Cc1cccc(N(C)C(=O)CC2CCCCN2)c1. The number of nitrogens with zero attached hydrogens (tertiary/aromatic N) is 1. The monoisotopic (exact) mass is 246 g/mol. The highest BCUT2D eigenvalue weighted by Crippen LogP contribution is 2.17. The van der Waals surface area contributed by atoms with Gasteiger partial charge in [-0.3, -0.25) is 4.79 Å². The van der Waals surface area contributed by atoms with Crippen LogP contribution in [0.2, 0.25) is 0 Å². The molecule has 0 bridgehead atoms. The molecule has 3 heteroatoms. The van der Waals surface area contributed by atoms with Gasteiger partial charge in [0.1, 0.15) is 0 Å². The van der Waals surface area contributed by atoms with E-state index in [0.29, 0.717) is 12.5 Å². The van der Waals surface area contributed by atoms with Crippen LogP contribution < -0.4 is 10.2 Å². The standard InChI is InChI=1S/C15H22N2O/c1-12-6-5-8-14(10-12)17(2)15(18)11-13-7-3-4-9-16-13/h5-6,8,10,13,16H,3-4,7,9,11H2,1-2H3. The zero-order valence-electron chi connectivity index (χ0n) is 11.3. The molecule has 1 aliphatic heterocycles. The second-order valence-electron chi connectivity index (χ2n) is 5.14. The number of rotatable bonds is 3. The second-order valence-corrected chi connectivity index (χ2v) is 5.14. The number of aryl methyl sites for hydroxylation is 1. The zero-order valence-corrected chi connectivity index (χ0v) is 11.3. The first-order valence-corrected chi connectivity index (χ1v) is 6.73. The van der Waals surface area contributed by atoms with Gasteiger partial charge in [0.2, 0.25) is 5.91 Å². The molecule has 1 fully saturated rings. The topological polar surface area (TPSA) is 32.3 Å². The van der Waals surface area contributed by atoms with Crippen LogP contribution in [0.15, 0.2) is 24.3 Å². The molecule has 1 saturated heterocycles. The highest BCUT2D eigenvalue weighted by molar-refractivity contribution is 5.93. The van der Waals surface area contributed by atoms with Crippen molar-refractivity contribution >= 4 is 11.6 Å². The van der Waals surface area contributed by atoms with E-state index in [1.54, 1.807) is 4.90 Å². The van der Waals surface area contributed by atoms with Crippen LogP contribution in [0.3, 0.4) is 0 Å². The van der Waals surface area contributed by atoms with Gasteiger partial charge in [-0.05, 0) is 44.0 Å².